The fourth-order valence-corrected chi connectivity index (χ4v) is 2.63. The highest BCUT2D eigenvalue weighted by Crippen LogP contribution is 2.16. The molecule has 0 saturated heterocycles. The maximum Gasteiger partial charge on any atom is 0.408 e. The summed E-state index contributed by atoms with van der Waals surface area (Å²) in [7, 11) is 0. The number of carbonyl (C=O) groups is 2. The number of nitrogens with one attached hydrogen (secondary N) is 2. The molecule has 144 valence electrons. The molecule has 0 aliphatic rings. The number of rotatable bonds is 7. The van der Waals surface area contributed by atoms with Crippen LogP contribution in [0.5, 0.6) is 0 Å². The summed E-state index contributed by atoms with van der Waals surface area (Å²) in [5, 5.41) is 5.61. The largest absolute Gasteiger partial charge is 0.445 e. The van der Waals surface area contributed by atoms with Crippen LogP contribution < -0.4 is 10.6 Å². The number of benzene rings is 2. The Kier molecular flexibility index (Phi) is 7.41. The molecule has 0 aliphatic carbocycles. The van der Waals surface area contributed by atoms with E-state index in [1.807, 2.05) is 76.2 Å². The van der Waals surface area contributed by atoms with Crippen LogP contribution in [-0.4, -0.2) is 18.0 Å². The second-order valence-corrected chi connectivity index (χ2v) is 6.86. The first kappa shape index (κ1) is 20.5. The summed E-state index contributed by atoms with van der Waals surface area (Å²) in [5.41, 5.74) is 3.88. The number of carbonyl (C=O) groups excluding carboxylic acids is 2. The minimum atomic E-state index is -0.667. The number of anilines is 1. The van der Waals surface area contributed by atoms with Crippen LogP contribution in [0.4, 0.5) is 10.5 Å². The average molecular weight is 368 g/mol. The second kappa shape index (κ2) is 9.76. The summed E-state index contributed by atoms with van der Waals surface area (Å²) in [6.07, 6.45) is 0.156. The van der Waals surface area contributed by atoms with Crippen molar-refractivity contribution in [3.63, 3.8) is 0 Å². The van der Waals surface area contributed by atoms with Crippen molar-refractivity contribution in [3.05, 3.63) is 65.2 Å². The van der Waals surface area contributed by atoms with Gasteiger partial charge in [0, 0.05) is 5.69 Å². The topological polar surface area (TPSA) is 67.4 Å². The van der Waals surface area contributed by atoms with Crippen molar-refractivity contribution in [3.8, 4) is 0 Å². The molecule has 0 aliphatic heterocycles. The van der Waals surface area contributed by atoms with E-state index in [0.717, 1.165) is 28.8 Å². The molecular formula is C22H28N2O3. The van der Waals surface area contributed by atoms with Crippen molar-refractivity contribution < 1.29 is 14.3 Å². The van der Waals surface area contributed by atoms with Crippen LogP contribution >= 0.6 is 0 Å². The number of alkyl carbamates (subject to hydrolysis) is 1. The summed E-state index contributed by atoms with van der Waals surface area (Å²) in [6.45, 7) is 8.10. The van der Waals surface area contributed by atoms with Gasteiger partial charge in [0.05, 0.1) is 0 Å². The van der Waals surface area contributed by atoms with E-state index in [1.54, 1.807) is 0 Å². The Bertz CT molecular complexity index is 774. The second-order valence-electron chi connectivity index (χ2n) is 6.86. The maximum atomic E-state index is 12.7. The minimum Gasteiger partial charge on any atom is -0.445 e. The Morgan fingerprint density at radius 3 is 2.37 bits per heavy atom. The Balaban J connectivity index is 1.99. The van der Waals surface area contributed by atoms with Crippen LogP contribution in [0.3, 0.4) is 0 Å². The van der Waals surface area contributed by atoms with Crippen molar-refractivity contribution in [2.24, 2.45) is 5.92 Å². The first-order valence-electron chi connectivity index (χ1n) is 9.26. The highest BCUT2D eigenvalue weighted by atomic mass is 16.5. The van der Waals surface area contributed by atoms with Crippen LogP contribution in [0.25, 0.3) is 0 Å². The molecule has 2 aromatic rings. The van der Waals surface area contributed by atoms with Gasteiger partial charge in [0.15, 0.2) is 0 Å². The Hall–Kier alpha value is -2.82. The van der Waals surface area contributed by atoms with Gasteiger partial charge in [-0.3, -0.25) is 4.79 Å². The molecule has 2 amide bonds. The van der Waals surface area contributed by atoms with Crippen molar-refractivity contribution in [2.45, 2.75) is 46.8 Å². The summed E-state index contributed by atoms with van der Waals surface area (Å²) < 4.78 is 5.26. The molecule has 0 saturated carbocycles. The molecule has 5 nitrogen and oxygen atoms in total. The van der Waals surface area contributed by atoms with Crippen molar-refractivity contribution >= 4 is 17.7 Å². The molecule has 2 N–H and O–H groups in total. The summed E-state index contributed by atoms with van der Waals surface area (Å²) in [4.78, 5) is 24.9. The van der Waals surface area contributed by atoms with Gasteiger partial charge < -0.3 is 15.4 Å². The van der Waals surface area contributed by atoms with Crippen molar-refractivity contribution in [1.29, 1.82) is 0 Å². The molecule has 5 heteroatoms. The molecule has 2 atom stereocenters. The number of ether oxygens (including phenoxy) is 1. The number of hydrogen-bond donors (Lipinski definition) is 2. The molecule has 0 fully saturated rings. The van der Waals surface area contributed by atoms with Gasteiger partial charge in [-0.2, -0.15) is 0 Å². The third kappa shape index (κ3) is 6.13. The van der Waals surface area contributed by atoms with Gasteiger partial charge in [-0.25, -0.2) is 4.79 Å². The van der Waals surface area contributed by atoms with Gasteiger partial charge in [-0.1, -0.05) is 56.7 Å². The summed E-state index contributed by atoms with van der Waals surface area (Å²) >= 11 is 0. The molecule has 0 aromatic heterocycles. The zero-order chi connectivity index (χ0) is 19.8. The molecule has 27 heavy (non-hydrogen) atoms. The molecule has 0 heterocycles. The number of aryl methyl sites for hydroxylation is 2. The fraction of sp³-hybridized carbons (Fsp3) is 0.364. The van der Waals surface area contributed by atoms with Gasteiger partial charge >= 0.3 is 6.09 Å². The molecule has 2 rings (SSSR count). The van der Waals surface area contributed by atoms with Crippen LogP contribution in [0, 0.1) is 19.8 Å². The summed E-state index contributed by atoms with van der Waals surface area (Å²) in [6, 6.07) is 14.5. The first-order valence-corrected chi connectivity index (χ1v) is 9.26. The monoisotopic (exact) mass is 368 g/mol. The fourth-order valence-electron chi connectivity index (χ4n) is 2.63. The van der Waals surface area contributed by atoms with Crippen molar-refractivity contribution in [1.82, 2.24) is 5.32 Å². The van der Waals surface area contributed by atoms with Gasteiger partial charge in [-0.05, 0) is 48.6 Å². The van der Waals surface area contributed by atoms with Crippen LogP contribution in [0.1, 0.15) is 37.0 Å². The van der Waals surface area contributed by atoms with Gasteiger partial charge in [0.1, 0.15) is 12.6 Å². The highest BCUT2D eigenvalue weighted by molar-refractivity contribution is 5.96. The lowest BCUT2D eigenvalue weighted by Gasteiger charge is -2.23. The Morgan fingerprint density at radius 2 is 1.74 bits per heavy atom. The zero-order valence-electron chi connectivity index (χ0n) is 16.4. The molecule has 0 spiro atoms. The minimum absolute atomic E-state index is 0.0270. The van der Waals surface area contributed by atoms with E-state index in [2.05, 4.69) is 10.6 Å². The van der Waals surface area contributed by atoms with E-state index in [9.17, 15) is 9.59 Å². The normalized spacial score (nSPS) is 12.7. The maximum absolute atomic E-state index is 12.7. The third-order valence-electron chi connectivity index (χ3n) is 4.76. The SMILES string of the molecule is CC[C@H](C)[C@H](NC(=O)OCc1ccccc1)C(=O)Nc1ccc(C)c(C)c1. The lowest BCUT2D eigenvalue weighted by Crippen LogP contribution is -2.47. The van der Waals surface area contributed by atoms with Gasteiger partial charge in [0.25, 0.3) is 0 Å². The van der Waals surface area contributed by atoms with Crippen LogP contribution in [0.2, 0.25) is 0 Å². The predicted octanol–water partition coefficient (Wildman–Crippen LogP) is 4.58. The lowest BCUT2D eigenvalue weighted by molar-refractivity contribution is -0.119. The van der Waals surface area contributed by atoms with E-state index in [-0.39, 0.29) is 18.4 Å². The van der Waals surface area contributed by atoms with Crippen LogP contribution in [0.15, 0.2) is 48.5 Å². The molecule has 0 bridgehead atoms. The van der Waals surface area contributed by atoms with E-state index in [0.29, 0.717) is 0 Å². The molecule has 0 unspecified atom stereocenters. The predicted molar refractivity (Wildman–Crippen MR) is 108 cm³/mol. The zero-order valence-corrected chi connectivity index (χ0v) is 16.4. The number of hydrogen-bond acceptors (Lipinski definition) is 3. The summed E-state index contributed by atoms with van der Waals surface area (Å²) in [5.74, 6) is -0.273. The molecule has 2 aromatic carbocycles. The third-order valence-corrected chi connectivity index (χ3v) is 4.76. The van der Waals surface area contributed by atoms with Gasteiger partial charge in [-0.15, -0.1) is 0 Å². The number of amides is 2. The van der Waals surface area contributed by atoms with E-state index < -0.39 is 12.1 Å². The lowest BCUT2D eigenvalue weighted by atomic mass is 9.98. The molecule has 0 radical (unpaired) electrons. The highest BCUT2D eigenvalue weighted by Gasteiger charge is 2.26. The van der Waals surface area contributed by atoms with E-state index in [4.69, 9.17) is 4.74 Å². The van der Waals surface area contributed by atoms with Crippen molar-refractivity contribution in [2.75, 3.05) is 5.32 Å². The van der Waals surface area contributed by atoms with Crippen LogP contribution in [-0.2, 0) is 16.1 Å². The standard InChI is InChI=1S/C22H28N2O3/c1-5-15(2)20(21(25)23-19-12-11-16(3)17(4)13-19)24-22(26)27-14-18-9-7-6-8-10-18/h6-13,15,20H,5,14H2,1-4H3,(H,23,25)(H,24,26)/t15-,20-/m0/s1. The van der Waals surface area contributed by atoms with E-state index >= 15 is 0 Å². The first-order chi connectivity index (χ1) is 12.9. The van der Waals surface area contributed by atoms with E-state index in [1.165, 1.54) is 0 Å². The quantitative estimate of drug-likeness (QED) is 0.751. The smallest absolute Gasteiger partial charge is 0.408 e. The Morgan fingerprint density at radius 1 is 1.04 bits per heavy atom. The van der Waals surface area contributed by atoms with Gasteiger partial charge in [0.2, 0.25) is 5.91 Å². The average Bonchev–Trinajstić information content (AvgIpc) is 2.67. The Labute approximate surface area is 161 Å². The molecular weight excluding hydrogens is 340 g/mol.